The molecule has 2 rings (SSSR count). The molecule has 4 N–H and O–H groups in total. The van der Waals surface area contributed by atoms with Gasteiger partial charge in [0.1, 0.15) is 0 Å². The highest BCUT2D eigenvalue weighted by Gasteiger charge is 2.22. The monoisotopic (exact) mass is 327 g/mol. The molecule has 0 radical (unpaired) electrons. The van der Waals surface area contributed by atoms with Crippen LogP contribution in [0.1, 0.15) is 42.0 Å². The average molecular weight is 327 g/mol. The highest BCUT2D eigenvalue weighted by atomic mass is 16.3. The molecule has 130 valence electrons. The Morgan fingerprint density at radius 3 is 1.58 bits per heavy atom. The first-order valence-electron chi connectivity index (χ1n) is 8.75. The van der Waals surface area contributed by atoms with E-state index in [2.05, 4.69) is 55.5 Å². The van der Waals surface area contributed by atoms with E-state index >= 15 is 0 Å². The lowest BCUT2D eigenvalue weighted by molar-refractivity contribution is 0.115. The molecule has 0 saturated heterocycles. The summed E-state index contributed by atoms with van der Waals surface area (Å²) in [5, 5.41) is 18.5. The van der Waals surface area contributed by atoms with Crippen LogP contribution in [-0.4, -0.2) is 29.0 Å². The predicted molar refractivity (Wildman–Crippen MR) is 99.1 cm³/mol. The topological polar surface area (TPSA) is 66.5 Å². The molecule has 0 fully saturated rings. The molecule has 0 atom stereocenters. The molecule has 0 aromatic heterocycles. The first-order chi connectivity index (χ1) is 11.6. The van der Waals surface area contributed by atoms with Gasteiger partial charge in [-0.2, -0.15) is 0 Å². The molecular formula is C21H29NO2. The number of benzene rings is 2. The number of rotatable bonds is 9. The Balaban J connectivity index is 1.92. The largest absolute Gasteiger partial charge is 0.394 e. The van der Waals surface area contributed by atoms with Crippen LogP contribution >= 0.6 is 0 Å². The second-order valence-electron chi connectivity index (χ2n) is 6.74. The van der Waals surface area contributed by atoms with Crippen LogP contribution in [0.4, 0.5) is 0 Å². The van der Waals surface area contributed by atoms with E-state index in [-0.39, 0.29) is 13.2 Å². The maximum atomic E-state index is 9.24. The van der Waals surface area contributed by atoms with Crippen molar-refractivity contribution in [2.75, 3.05) is 13.2 Å². The van der Waals surface area contributed by atoms with Crippen molar-refractivity contribution in [3.63, 3.8) is 0 Å². The Morgan fingerprint density at radius 1 is 0.750 bits per heavy atom. The standard InChI is InChI=1S/C21H29NO2/c1-2-3-17-4-8-19(9-5-17)14-20-10-6-18(7-11-20)12-13-21(22,15-23)16-24/h4-11,23-24H,2-3,12-16,22H2,1H3. The lowest BCUT2D eigenvalue weighted by atomic mass is 9.93. The smallest absolute Gasteiger partial charge is 0.0633 e. The zero-order valence-corrected chi connectivity index (χ0v) is 14.5. The number of aliphatic hydroxyl groups excluding tert-OH is 2. The van der Waals surface area contributed by atoms with Crippen molar-refractivity contribution in [1.82, 2.24) is 0 Å². The summed E-state index contributed by atoms with van der Waals surface area (Å²) in [5.74, 6) is 0. The van der Waals surface area contributed by atoms with Gasteiger partial charge >= 0.3 is 0 Å². The summed E-state index contributed by atoms with van der Waals surface area (Å²) in [6.07, 6.45) is 4.57. The van der Waals surface area contributed by atoms with Crippen molar-refractivity contribution in [1.29, 1.82) is 0 Å². The second kappa shape index (κ2) is 8.97. The van der Waals surface area contributed by atoms with E-state index in [1.165, 1.54) is 28.7 Å². The summed E-state index contributed by atoms with van der Waals surface area (Å²) in [7, 11) is 0. The van der Waals surface area contributed by atoms with Gasteiger partial charge in [-0.05, 0) is 47.9 Å². The minimum Gasteiger partial charge on any atom is -0.394 e. The van der Waals surface area contributed by atoms with E-state index in [9.17, 15) is 10.2 Å². The third-order valence-corrected chi connectivity index (χ3v) is 4.53. The first-order valence-corrected chi connectivity index (χ1v) is 8.75. The lowest BCUT2D eigenvalue weighted by Gasteiger charge is -2.24. The van der Waals surface area contributed by atoms with Gasteiger partial charge in [0, 0.05) is 0 Å². The predicted octanol–water partition coefficient (Wildman–Crippen LogP) is 2.84. The maximum absolute atomic E-state index is 9.24. The van der Waals surface area contributed by atoms with E-state index in [0.717, 1.165) is 19.3 Å². The molecule has 2 aromatic carbocycles. The molecule has 2 aromatic rings. The number of aliphatic hydroxyl groups is 2. The van der Waals surface area contributed by atoms with Crippen LogP contribution < -0.4 is 5.73 Å². The van der Waals surface area contributed by atoms with Crippen LogP contribution in [0.3, 0.4) is 0 Å². The SMILES string of the molecule is CCCc1ccc(Cc2ccc(CCC(N)(CO)CO)cc2)cc1. The molecule has 0 aliphatic heterocycles. The number of hydrogen-bond acceptors (Lipinski definition) is 3. The zero-order valence-electron chi connectivity index (χ0n) is 14.5. The fourth-order valence-corrected chi connectivity index (χ4v) is 2.77. The summed E-state index contributed by atoms with van der Waals surface area (Å²) in [4.78, 5) is 0. The van der Waals surface area contributed by atoms with Gasteiger partial charge in [-0.3, -0.25) is 0 Å². The summed E-state index contributed by atoms with van der Waals surface area (Å²) < 4.78 is 0. The maximum Gasteiger partial charge on any atom is 0.0633 e. The van der Waals surface area contributed by atoms with Crippen molar-refractivity contribution in [3.05, 3.63) is 70.8 Å². The molecule has 24 heavy (non-hydrogen) atoms. The molecule has 0 unspecified atom stereocenters. The Morgan fingerprint density at radius 2 is 1.17 bits per heavy atom. The van der Waals surface area contributed by atoms with Crippen molar-refractivity contribution >= 4 is 0 Å². The van der Waals surface area contributed by atoms with Gasteiger partial charge in [0.25, 0.3) is 0 Å². The van der Waals surface area contributed by atoms with Crippen LogP contribution in [0.2, 0.25) is 0 Å². The molecule has 3 heteroatoms. The molecule has 0 heterocycles. The first kappa shape index (κ1) is 18.7. The fraction of sp³-hybridized carbons (Fsp3) is 0.429. The summed E-state index contributed by atoms with van der Waals surface area (Å²) in [6, 6.07) is 17.4. The Labute approximate surface area is 145 Å². The summed E-state index contributed by atoms with van der Waals surface area (Å²) >= 11 is 0. The van der Waals surface area contributed by atoms with Gasteiger partial charge in [-0.1, -0.05) is 61.9 Å². The molecule has 0 bridgehead atoms. The molecule has 0 amide bonds. The molecule has 0 aliphatic rings. The normalized spacial score (nSPS) is 11.7. The molecule has 0 saturated carbocycles. The van der Waals surface area contributed by atoms with Gasteiger partial charge in [0.05, 0.1) is 18.8 Å². The summed E-state index contributed by atoms with van der Waals surface area (Å²) in [6.45, 7) is 1.80. The van der Waals surface area contributed by atoms with E-state index in [1.807, 2.05) is 0 Å². The quantitative estimate of drug-likeness (QED) is 0.663. The van der Waals surface area contributed by atoms with Crippen LogP contribution in [0.25, 0.3) is 0 Å². The molecule has 3 nitrogen and oxygen atoms in total. The van der Waals surface area contributed by atoms with E-state index in [1.54, 1.807) is 0 Å². The van der Waals surface area contributed by atoms with Gasteiger partial charge in [-0.25, -0.2) is 0 Å². The highest BCUT2D eigenvalue weighted by Crippen LogP contribution is 2.15. The van der Waals surface area contributed by atoms with Crippen LogP contribution in [-0.2, 0) is 19.3 Å². The molecular weight excluding hydrogens is 298 g/mol. The minimum atomic E-state index is -0.890. The van der Waals surface area contributed by atoms with Gasteiger partial charge in [0.2, 0.25) is 0 Å². The van der Waals surface area contributed by atoms with Crippen molar-refractivity contribution in [2.45, 2.75) is 44.6 Å². The summed E-state index contributed by atoms with van der Waals surface area (Å²) in [5.41, 5.74) is 10.2. The Kier molecular flexibility index (Phi) is 6.98. The van der Waals surface area contributed by atoms with Gasteiger partial charge in [0.15, 0.2) is 0 Å². The van der Waals surface area contributed by atoms with Crippen LogP contribution in [0.5, 0.6) is 0 Å². The van der Waals surface area contributed by atoms with Crippen LogP contribution in [0, 0.1) is 0 Å². The zero-order chi connectivity index (χ0) is 17.4. The second-order valence-corrected chi connectivity index (χ2v) is 6.74. The van der Waals surface area contributed by atoms with Gasteiger partial charge in [-0.15, -0.1) is 0 Å². The third kappa shape index (κ3) is 5.45. The Bertz CT molecular complexity index is 601. The van der Waals surface area contributed by atoms with Crippen LogP contribution in [0.15, 0.2) is 48.5 Å². The van der Waals surface area contributed by atoms with Crippen molar-refractivity contribution < 1.29 is 10.2 Å². The van der Waals surface area contributed by atoms with Gasteiger partial charge < -0.3 is 15.9 Å². The number of nitrogens with two attached hydrogens (primary N) is 1. The number of aryl methyl sites for hydroxylation is 2. The van der Waals surface area contributed by atoms with E-state index in [4.69, 9.17) is 5.73 Å². The molecule has 0 spiro atoms. The highest BCUT2D eigenvalue weighted by molar-refractivity contribution is 5.30. The van der Waals surface area contributed by atoms with Crippen molar-refractivity contribution in [3.8, 4) is 0 Å². The number of hydrogen-bond donors (Lipinski definition) is 3. The molecule has 0 aliphatic carbocycles. The van der Waals surface area contributed by atoms with Crippen molar-refractivity contribution in [2.24, 2.45) is 5.73 Å². The fourth-order valence-electron chi connectivity index (χ4n) is 2.77. The van der Waals surface area contributed by atoms with E-state index in [0.29, 0.717) is 6.42 Å². The van der Waals surface area contributed by atoms with E-state index < -0.39 is 5.54 Å². The average Bonchev–Trinajstić information content (AvgIpc) is 2.63. The lowest BCUT2D eigenvalue weighted by Crippen LogP contribution is -2.47. The minimum absolute atomic E-state index is 0.199. The third-order valence-electron chi connectivity index (χ3n) is 4.53. The Hall–Kier alpha value is -1.68.